The van der Waals surface area contributed by atoms with E-state index in [1.807, 2.05) is 12.1 Å². The molecule has 7 heteroatoms. The van der Waals surface area contributed by atoms with Crippen LogP contribution in [0.5, 0.6) is 0 Å². The van der Waals surface area contributed by atoms with Crippen LogP contribution in [0.2, 0.25) is 0 Å². The highest BCUT2D eigenvalue weighted by Gasteiger charge is 2.23. The molecule has 0 radical (unpaired) electrons. The molecule has 0 bridgehead atoms. The van der Waals surface area contributed by atoms with Crippen molar-refractivity contribution in [3.05, 3.63) is 24.2 Å². The summed E-state index contributed by atoms with van der Waals surface area (Å²) >= 11 is 0. The van der Waals surface area contributed by atoms with Gasteiger partial charge in [-0.3, -0.25) is 0 Å². The lowest BCUT2D eigenvalue weighted by atomic mass is 10.2. The van der Waals surface area contributed by atoms with Gasteiger partial charge in [-0.1, -0.05) is 5.16 Å². The van der Waals surface area contributed by atoms with Gasteiger partial charge in [0.05, 0.1) is 19.3 Å². The number of rotatable bonds is 3. The zero-order chi connectivity index (χ0) is 14.8. The Kier molecular flexibility index (Phi) is 3.74. The third kappa shape index (κ3) is 2.69. The lowest BCUT2D eigenvalue weighted by molar-refractivity contribution is 0.122. The first-order valence-corrected chi connectivity index (χ1v) is 7.76. The molecule has 1 N–H and O–H groups in total. The Hall–Kier alpha value is -1.99. The van der Waals surface area contributed by atoms with Crippen molar-refractivity contribution in [1.82, 2.24) is 20.4 Å². The molecule has 2 aliphatic heterocycles. The number of hydrogen-bond donors (Lipinski definition) is 1. The summed E-state index contributed by atoms with van der Waals surface area (Å²) in [5.74, 6) is 2.24. The molecular formula is C15H19N5O2. The number of ether oxygens (including phenoxy) is 1. The maximum absolute atomic E-state index is 5.41. The number of nitrogens with one attached hydrogen (secondary N) is 1. The van der Waals surface area contributed by atoms with Crippen molar-refractivity contribution in [3.63, 3.8) is 0 Å². The molecule has 7 nitrogen and oxygen atoms in total. The quantitative estimate of drug-likeness (QED) is 0.918. The van der Waals surface area contributed by atoms with Crippen molar-refractivity contribution in [1.29, 1.82) is 0 Å². The van der Waals surface area contributed by atoms with Gasteiger partial charge in [-0.05, 0) is 31.5 Å². The van der Waals surface area contributed by atoms with Crippen LogP contribution in [0.1, 0.15) is 24.8 Å². The monoisotopic (exact) mass is 301 g/mol. The number of morpholine rings is 1. The Morgan fingerprint density at radius 3 is 3.00 bits per heavy atom. The minimum atomic E-state index is 0.196. The fourth-order valence-corrected chi connectivity index (χ4v) is 2.91. The van der Waals surface area contributed by atoms with Crippen LogP contribution in [0, 0.1) is 0 Å². The number of nitrogens with zero attached hydrogens (tertiary/aromatic N) is 4. The maximum Gasteiger partial charge on any atom is 0.244 e. The molecule has 22 heavy (non-hydrogen) atoms. The number of hydrogen-bond acceptors (Lipinski definition) is 7. The molecule has 2 aromatic rings. The first-order valence-electron chi connectivity index (χ1n) is 7.76. The Labute approximate surface area is 128 Å². The molecule has 2 aromatic heterocycles. The smallest absolute Gasteiger partial charge is 0.244 e. The second kappa shape index (κ2) is 6.02. The van der Waals surface area contributed by atoms with Crippen molar-refractivity contribution >= 4 is 5.82 Å². The van der Waals surface area contributed by atoms with Gasteiger partial charge in [0, 0.05) is 24.8 Å². The van der Waals surface area contributed by atoms with Crippen LogP contribution in [0.15, 0.2) is 22.9 Å². The van der Waals surface area contributed by atoms with Gasteiger partial charge in [0.25, 0.3) is 0 Å². The van der Waals surface area contributed by atoms with Crippen LogP contribution >= 0.6 is 0 Å². The SMILES string of the molecule is c1cc(-c2noc(C3CCCN3)n2)cc(N2CCOCC2)n1. The summed E-state index contributed by atoms with van der Waals surface area (Å²) in [5.41, 5.74) is 0.935. The van der Waals surface area contributed by atoms with E-state index in [-0.39, 0.29) is 6.04 Å². The second-order valence-corrected chi connectivity index (χ2v) is 5.61. The zero-order valence-electron chi connectivity index (χ0n) is 12.4. The summed E-state index contributed by atoms with van der Waals surface area (Å²) in [7, 11) is 0. The van der Waals surface area contributed by atoms with Crippen molar-refractivity contribution in [2.24, 2.45) is 0 Å². The van der Waals surface area contributed by atoms with Gasteiger partial charge in [0.15, 0.2) is 0 Å². The summed E-state index contributed by atoms with van der Waals surface area (Å²) < 4.78 is 10.8. The van der Waals surface area contributed by atoms with E-state index in [1.165, 1.54) is 0 Å². The standard InChI is InChI=1S/C15H19N5O2/c1-2-12(16-4-1)15-18-14(19-22-15)11-3-5-17-13(10-11)20-6-8-21-9-7-20/h3,5,10,12,16H,1-2,4,6-9H2. The van der Waals surface area contributed by atoms with Gasteiger partial charge in [-0.15, -0.1) is 0 Å². The highest BCUT2D eigenvalue weighted by Crippen LogP contribution is 2.25. The molecule has 2 saturated heterocycles. The Balaban J connectivity index is 1.56. The van der Waals surface area contributed by atoms with E-state index in [2.05, 4.69) is 25.3 Å². The van der Waals surface area contributed by atoms with Crippen LogP contribution in [0.25, 0.3) is 11.4 Å². The molecule has 0 saturated carbocycles. The minimum absolute atomic E-state index is 0.196. The summed E-state index contributed by atoms with van der Waals surface area (Å²) in [4.78, 5) is 11.2. The predicted molar refractivity (Wildman–Crippen MR) is 80.5 cm³/mol. The normalized spacial score (nSPS) is 22.2. The summed E-state index contributed by atoms with van der Waals surface area (Å²) in [6.45, 7) is 4.22. The fraction of sp³-hybridized carbons (Fsp3) is 0.533. The Bertz CT molecular complexity index is 632. The van der Waals surface area contributed by atoms with E-state index in [1.54, 1.807) is 6.20 Å². The van der Waals surface area contributed by atoms with E-state index in [0.29, 0.717) is 11.7 Å². The summed E-state index contributed by atoms with van der Waals surface area (Å²) in [5, 5.41) is 7.49. The van der Waals surface area contributed by atoms with Gasteiger partial charge >= 0.3 is 0 Å². The second-order valence-electron chi connectivity index (χ2n) is 5.61. The van der Waals surface area contributed by atoms with Crippen LogP contribution in [0.4, 0.5) is 5.82 Å². The molecule has 0 amide bonds. The van der Waals surface area contributed by atoms with E-state index in [0.717, 1.165) is 57.1 Å². The van der Waals surface area contributed by atoms with Crippen LogP contribution < -0.4 is 10.2 Å². The molecule has 1 atom stereocenters. The lowest BCUT2D eigenvalue weighted by Crippen LogP contribution is -2.36. The molecule has 2 aliphatic rings. The minimum Gasteiger partial charge on any atom is -0.378 e. The largest absolute Gasteiger partial charge is 0.378 e. The molecule has 0 aliphatic carbocycles. The third-order valence-electron chi connectivity index (χ3n) is 4.14. The summed E-state index contributed by atoms with van der Waals surface area (Å²) in [6.07, 6.45) is 4.00. The van der Waals surface area contributed by atoms with Crippen LogP contribution in [-0.2, 0) is 4.74 Å². The number of anilines is 1. The molecule has 4 rings (SSSR count). The first-order chi connectivity index (χ1) is 10.9. The predicted octanol–water partition coefficient (Wildman–Crippen LogP) is 1.39. The van der Waals surface area contributed by atoms with Crippen molar-refractivity contribution in [2.75, 3.05) is 37.7 Å². The van der Waals surface area contributed by atoms with E-state index >= 15 is 0 Å². The van der Waals surface area contributed by atoms with Crippen LogP contribution in [-0.4, -0.2) is 48.0 Å². The van der Waals surface area contributed by atoms with Gasteiger partial charge in [-0.25, -0.2) is 4.98 Å². The van der Waals surface area contributed by atoms with Crippen LogP contribution in [0.3, 0.4) is 0 Å². The lowest BCUT2D eigenvalue weighted by Gasteiger charge is -2.27. The average Bonchev–Trinajstić information content (AvgIpc) is 3.27. The van der Waals surface area contributed by atoms with Gasteiger partial charge < -0.3 is 19.5 Å². The molecular weight excluding hydrogens is 282 g/mol. The topological polar surface area (TPSA) is 76.3 Å². The molecule has 116 valence electrons. The Morgan fingerprint density at radius 1 is 1.27 bits per heavy atom. The summed E-state index contributed by atoms with van der Waals surface area (Å²) in [6, 6.07) is 4.13. The third-order valence-corrected chi connectivity index (χ3v) is 4.14. The van der Waals surface area contributed by atoms with Gasteiger partial charge in [0.2, 0.25) is 11.7 Å². The number of pyridine rings is 1. The van der Waals surface area contributed by atoms with Crippen molar-refractivity contribution in [3.8, 4) is 11.4 Å². The molecule has 1 unspecified atom stereocenters. The van der Waals surface area contributed by atoms with E-state index < -0.39 is 0 Å². The molecule has 0 aromatic carbocycles. The average molecular weight is 301 g/mol. The molecule has 0 spiro atoms. The highest BCUT2D eigenvalue weighted by atomic mass is 16.5. The molecule has 2 fully saturated rings. The van der Waals surface area contributed by atoms with Crippen molar-refractivity contribution in [2.45, 2.75) is 18.9 Å². The van der Waals surface area contributed by atoms with E-state index in [4.69, 9.17) is 9.26 Å². The van der Waals surface area contributed by atoms with Gasteiger partial charge in [0.1, 0.15) is 5.82 Å². The zero-order valence-corrected chi connectivity index (χ0v) is 12.4. The van der Waals surface area contributed by atoms with Crippen molar-refractivity contribution < 1.29 is 9.26 Å². The fourth-order valence-electron chi connectivity index (χ4n) is 2.91. The van der Waals surface area contributed by atoms with Gasteiger partial charge in [-0.2, -0.15) is 4.98 Å². The molecule has 4 heterocycles. The Morgan fingerprint density at radius 2 is 2.18 bits per heavy atom. The maximum atomic E-state index is 5.41. The highest BCUT2D eigenvalue weighted by molar-refractivity contribution is 5.59. The van der Waals surface area contributed by atoms with E-state index in [9.17, 15) is 0 Å². The number of aromatic nitrogens is 3. The first kappa shape index (κ1) is 13.7.